The van der Waals surface area contributed by atoms with Crippen molar-refractivity contribution in [2.24, 2.45) is 0 Å². The second-order valence-corrected chi connectivity index (χ2v) is 4.40. The number of hydrogen-bond donors (Lipinski definition) is 2. The number of hydrogen-bond acceptors (Lipinski definition) is 4. The molecule has 0 aromatic carbocycles. The first-order valence-corrected chi connectivity index (χ1v) is 6.01. The number of nitrogens with zero attached hydrogens (tertiary/aromatic N) is 1. The van der Waals surface area contributed by atoms with Crippen LogP contribution in [0, 0.1) is 13.8 Å². The van der Waals surface area contributed by atoms with Crippen LogP contribution in [0.25, 0.3) is 0 Å². The van der Waals surface area contributed by atoms with Crippen molar-refractivity contribution in [2.45, 2.75) is 26.9 Å². The van der Waals surface area contributed by atoms with E-state index >= 15 is 0 Å². The first kappa shape index (κ1) is 13.3. The number of carboxylic acid groups (broad SMARTS) is 1. The molecule has 0 atom stereocenters. The van der Waals surface area contributed by atoms with Gasteiger partial charge in [-0.3, -0.25) is 4.98 Å². The zero-order valence-electron chi connectivity index (χ0n) is 10.9. The second kappa shape index (κ2) is 5.67. The van der Waals surface area contributed by atoms with Crippen molar-refractivity contribution in [3.8, 4) is 0 Å². The zero-order valence-corrected chi connectivity index (χ0v) is 10.9. The summed E-state index contributed by atoms with van der Waals surface area (Å²) in [7, 11) is 0. The molecule has 100 valence electrons. The molecule has 0 amide bonds. The molecular formula is C14H16N2O3. The van der Waals surface area contributed by atoms with E-state index in [4.69, 9.17) is 9.52 Å². The first-order chi connectivity index (χ1) is 9.08. The van der Waals surface area contributed by atoms with E-state index in [2.05, 4.69) is 10.3 Å². The van der Waals surface area contributed by atoms with Crippen LogP contribution in [0.2, 0.25) is 0 Å². The van der Waals surface area contributed by atoms with Gasteiger partial charge in [0.2, 0.25) is 5.76 Å². The number of aromatic carboxylic acids is 1. The molecule has 5 nitrogen and oxygen atoms in total. The molecule has 0 unspecified atom stereocenters. The summed E-state index contributed by atoms with van der Waals surface area (Å²) in [6, 6.07) is 5.64. The van der Waals surface area contributed by atoms with Gasteiger partial charge in [0.05, 0.1) is 12.2 Å². The summed E-state index contributed by atoms with van der Waals surface area (Å²) in [5, 5.41) is 12.1. The highest BCUT2D eigenvalue weighted by molar-refractivity contribution is 5.86. The number of aryl methyl sites for hydroxylation is 2. The monoisotopic (exact) mass is 260 g/mol. The highest BCUT2D eigenvalue weighted by Crippen LogP contribution is 2.14. The van der Waals surface area contributed by atoms with E-state index in [-0.39, 0.29) is 5.76 Å². The lowest BCUT2D eigenvalue weighted by Gasteiger charge is -2.04. The molecule has 0 spiro atoms. The fourth-order valence-corrected chi connectivity index (χ4v) is 1.86. The fourth-order valence-electron chi connectivity index (χ4n) is 1.86. The van der Waals surface area contributed by atoms with Gasteiger partial charge in [0.1, 0.15) is 5.76 Å². The van der Waals surface area contributed by atoms with Gasteiger partial charge in [0, 0.05) is 18.3 Å². The molecule has 0 saturated heterocycles. The third-order valence-electron chi connectivity index (χ3n) is 2.87. The van der Waals surface area contributed by atoms with Crippen LogP contribution in [0.15, 0.2) is 28.8 Å². The fraction of sp³-hybridized carbons (Fsp3) is 0.286. The van der Waals surface area contributed by atoms with Crippen LogP contribution < -0.4 is 5.32 Å². The minimum absolute atomic E-state index is 0.00539. The lowest BCUT2D eigenvalue weighted by atomic mass is 10.2. The molecule has 0 saturated carbocycles. The van der Waals surface area contributed by atoms with Crippen LogP contribution in [0.4, 0.5) is 0 Å². The van der Waals surface area contributed by atoms with Gasteiger partial charge in [0.25, 0.3) is 0 Å². The third kappa shape index (κ3) is 3.20. The number of furan rings is 1. The molecule has 19 heavy (non-hydrogen) atoms. The molecule has 2 heterocycles. The van der Waals surface area contributed by atoms with Gasteiger partial charge >= 0.3 is 5.97 Å². The number of aromatic nitrogens is 1. The Labute approximate surface area is 111 Å². The molecule has 0 bridgehead atoms. The third-order valence-corrected chi connectivity index (χ3v) is 2.87. The number of nitrogens with one attached hydrogen (secondary N) is 1. The Balaban J connectivity index is 1.95. The molecule has 0 radical (unpaired) electrons. The Hall–Kier alpha value is -2.14. The topological polar surface area (TPSA) is 75.4 Å². The van der Waals surface area contributed by atoms with Crippen LogP contribution >= 0.6 is 0 Å². The standard InChI is InChI=1S/C14H16N2O3/c1-9-4-3-5-16-12(9)8-15-7-11-6-10(2)13(19-11)14(17)18/h3-6,15H,7-8H2,1-2H3,(H,17,18). The lowest BCUT2D eigenvalue weighted by molar-refractivity contribution is 0.0659. The molecule has 2 rings (SSSR count). The van der Waals surface area contributed by atoms with Gasteiger partial charge in [-0.25, -0.2) is 4.79 Å². The predicted molar refractivity (Wildman–Crippen MR) is 69.9 cm³/mol. The summed E-state index contributed by atoms with van der Waals surface area (Å²) in [5.41, 5.74) is 2.74. The van der Waals surface area contributed by atoms with Gasteiger partial charge in [0.15, 0.2) is 0 Å². The maximum Gasteiger partial charge on any atom is 0.372 e. The largest absolute Gasteiger partial charge is 0.475 e. The Bertz CT molecular complexity index is 590. The first-order valence-electron chi connectivity index (χ1n) is 6.01. The van der Waals surface area contributed by atoms with Crippen LogP contribution in [0.3, 0.4) is 0 Å². The molecule has 0 aliphatic heterocycles. The summed E-state index contributed by atoms with van der Waals surface area (Å²) in [5.74, 6) is -0.418. The summed E-state index contributed by atoms with van der Waals surface area (Å²) in [6.07, 6.45) is 1.75. The van der Waals surface area contributed by atoms with Gasteiger partial charge in [-0.2, -0.15) is 0 Å². The molecular weight excluding hydrogens is 244 g/mol. The van der Waals surface area contributed by atoms with Crippen LogP contribution in [-0.2, 0) is 13.1 Å². The van der Waals surface area contributed by atoms with E-state index in [1.165, 1.54) is 0 Å². The van der Waals surface area contributed by atoms with E-state index in [0.717, 1.165) is 11.3 Å². The summed E-state index contributed by atoms with van der Waals surface area (Å²) in [4.78, 5) is 15.1. The van der Waals surface area contributed by atoms with Gasteiger partial charge < -0.3 is 14.8 Å². The van der Waals surface area contributed by atoms with E-state index in [9.17, 15) is 4.79 Å². The van der Waals surface area contributed by atoms with E-state index < -0.39 is 5.97 Å². The van der Waals surface area contributed by atoms with Crippen LogP contribution in [0.1, 0.15) is 33.1 Å². The van der Waals surface area contributed by atoms with E-state index in [1.807, 2.05) is 19.1 Å². The normalized spacial score (nSPS) is 10.6. The van der Waals surface area contributed by atoms with E-state index in [0.29, 0.717) is 24.4 Å². The summed E-state index contributed by atoms with van der Waals surface area (Å²) in [6.45, 7) is 4.82. The summed E-state index contributed by atoms with van der Waals surface area (Å²) < 4.78 is 5.26. The average Bonchev–Trinajstić information content (AvgIpc) is 2.73. The molecule has 0 fully saturated rings. The minimum atomic E-state index is -1.04. The van der Waals surface area contributed by atoms with Crippen molar-refractivity contribution in [1.82, 2.24) is 10.3 Å². The highest BCUT2D eigenvalue weighted by Gasteiger charge is 2.13. The number of pyridine rings is 1. The van der Waals surface area contributed by atoms with Gasteiger partial charge in [-0.1, -0.05) is 6.07 Å². The molecule has 0 aliphatic carbocycles. The van der Waals surface area contributed by atoms with Crippen molar-refractivity contribution >= 4 is 5.97 Å². The zero-order chi connectivity index (χ0) is 13.8. The van der Waals surface area contributed by atoms with Crippen LogP contribution in [-0.4, -0.2) is 16.1 Å². The number of rotatable bonds is 5. The maximum absolute atomic E-state index is 10.9. The Morgan fingerprint density at radius 2 is 2.16 bits per heavy atom. The summed E-state index contributed by atoms with van der Waals surface area (Å²) >= 11 is 0. The SMILES string of the molecule is Cc1cccnc1CNCc1cc(C)c(C(=O)O)o1. The second-order valence-electron chi connectivity index (χ2n) is 4.40. The van der Waals surface area contributed by atoms with Crippen LogP contribution in [0.5, 0.6) is 0 Å². The quantitative estimate of drug-likeness (QED) is 0.862. The smallest absolute Gasteiger partial charge is 0.372 e. The Kier molecular flexibility index (Phi) is 3.97. The van der Waals surface area contributed by atoms with Gasteiger partial charge in [-0.15, -0.1) is 0 Å². The molecule has 2 N–H and O–H groups in total. The van der Waals surface area contributed by atoms with E-state index in [1.54, 1.807) is 19.2 Å². The average molecular weight is 260 g/mol. The van der Waals surface area contributed by atoms with Crippen molar-refractivity contribution < 1.29 is 14.3 Å². The van der Waals surface area contributed by atoms with Crippen molar-refractivity contribution in [2.75, 3.05) is 0 Å². The molecule has 2 aromatic heterocycles. The van der Waals surface area contributed by atoms with Crippen molar-refractivity contribution in [1.29, 1.82) is 0 Å². The number of carboxylic acids is 1. The lowest BCUT2D eigenvalue weighted by Crippen LogP contribution is -2.14. The van der Waals surface area contributed by atoms with Crippen molar-refractivity contribution in [3.63, 3.8) is 0 Å². The van der Waals surface area contributed by atoms with Crippen molar-refractivity contribution in [3.05, 3.63) is 52.7 Å². The number of carbonyl (C=O) groups is 1. The predicted octanol–water partition coefficient (Wildman–Crippen LogP) is 2.28. The minimum Gasteiger partial charge on any atom is -0.475 e. The van der Waals surface area contributed by atoms with Gasteiger partial charge in [-0.05, 0) is 31.5 Å². The molecule has 5 heteroatoms. The molecule has 0 aliphatic rings. The molecule has 2 aromatic rings. The highest BCUT2D eigenvalue weighted by atomic mass is 16.4. The maximum atomic E-state index is 10.9. The Morgan fingerprint density at radius 1 is 1.37 bits per heavy atom. The Morgan fingerprint density at radius 3 is 2.79 bits per heavy atom.